The topological polar surface area (TPSA) is 55.6 Å². The smallest absolute Gasteiger partial charge is 0.225 e. The van der Waals surface area contributed by atoms with Crippen LogP contribution in [-0.2, 0) is 9.53 Å². The van der Waals surface area contributed by atoms with Crippen molar-refractivity contribution >= 4 is 41.7 Å². The van der Waals surface area contributed by atoms with E-state index in [0.717, 1.165) is 41.5 Å². The van der Waals surface area contributed by atoms with Gasteiger partial charge < -0.3 is 15.4 Å². The lowest BCUT2D eigenvalue weighted by atomic mass is 10.1. The zero-order chi connectivity index (χ0) is 16.7. The number of methoxy groups -OCH3 is 1. The summed E-state index contributed by atoms with van der Waals surface area (Å²) in [6, 6.07) is 7.96. The highest BCUT2D eigenvalue weighted by atomic mass is 35.5. The first kappa shape index (κ1) is 21.6. The summed E-state index contributed by atoms with van der Waals surface area (Å²) in [7, 11) is 1.66. The number of benzene rings is 1. The molecule has 0 aromatic heterocycles. The summed E-state index contributed by atoms with van der Waals surface area (Å²) in [4.78, 5) is 15.8. The van der Waals surface area contributed by atoms with Crippen molar-refractivity contribution < 1.29 is 9.53 Å². The van der Waals surface area contributed by atoms with Gasteiger partial charge in [-0.05, 0) is 43.5 Å². The molecular formula is C17H26Cl2N2O2S. The summed E-state index contributed by atoms with van der Waals surface area (Å²) < 4.78 is 5.14. The molecule has 0 spiro atoms. The van der Waals surface area contributed by atoms with Crippen molar-refractivity contribution in [3.63, 3.8) is 0 Å². The lowest BCUT2D eigenvalue weighted by Gasteiger charge is -2.25. The van der Waals surface area contributed by atoms with Crippen molar-refractivity contribution in [2.45, 2.75) is 30.2 Å². The molecule has 2 atom stereocenters. The van der Waals surface area contributed by atoms with E-state index in [-0.39, 0.29) is 30.3 Å². The average Bonchev–Trinajstić information content (AvgIpc) is 2.98. The number of halogens is 2. The number of nitrogens with zero attached hydrogens (tertiary/aromatic N) is 1. The number of hydrogen-bond acceptors (Lipinski definition) is 4. The fraction of sp³-hybridized carbons (Fsp3) is 0.588. The van der Waals surface area contributed by atoms with Crippen LogP contribution < -0.4 is 5.73 Å². The van der Waals surface area contributed by atoms with Crippen LogP contribution in [-0.4, -0.2) is 49.4 Å². The fourth-order valence-electron chi connectivity index (χ4n) is 2.84. The van der Waals surface area contributed by atoms with Gasteiger partial charge in [-0.1, -0.05) is 11.6 Å². The predicted octanol–water partition coefficient (Wildman–Crippen LogP) is 3.46. The van der Waals surface area contributed by atoms with Crippen LogP contribution in [0.25, 0.3) is 0 Å². The molecule has 1 amide bonds. The van der Waals surface area contributed by atoms with Gasteiger partial charge in [-0.2, -0.15) is 0 Å². The second-order valence-corrected chi connectivity index (χ2v) is 7.50. The SMILES string of the molecule is COCCN(CCSc1ccc(Cl)cc1)C(=O)[C@H]1CC[C@@H](N)C1.Cl. The van der Waals surface area contributed by atoms with Gasteiger partial charge in [-0.15, -0.1) is 24.2 Å². The average molecular weight is 393 g/mol. The maximum absolute atomic E-state index is 12.7. The molecule has 2 rings (SSSR count). The van der Waals surface area contributed by atoms with Crippen LogP contribution in [0.4, 0.5) is 0 Å². The van der Waals surface area contributed by atoms with Gasteiger partial charge in [0.25, 0.3) is 0 Å². The highest BCUT2D eigenvalue weighted by molar-refractivity contribution is 7.99. The van der Waals surface area contributed by atoms with Crippen molar-refractivity contribution in [3.8, 4) is 0 Å². The van der Waals surface area contributed by atoms with E-state index < -0.39 is 0 Å². The molecule has 1 aromatic rings. The number of carbonyl (C=O) groups is 1. The zero-order valence-electron chi connectivity index (χ0n) is 13.9. The first-order valence-corrected chi connectivity index (χ1v) is 9.38. The molecule has 4 nitrogen and oxygen atoms in total. The van der Waals surface area contributed by atoms with Crippen molar-refractivity contribution in [1.82, 2.24) is 4.90 Å². The minimum Gasteiger partial charge on any atom is -0.383 e. The second kappa shape index (κ2) is 11.2. The van der Waals surface area contributed by atoms with Crippen molar-refractivity contribution in [2.24, 2.45) is 11.7 Å². The summed E-state index contributed by atoms with van der Waals surface area (Å²) in [5.41, 5.74) is 5.94. The van der Waals surface area contributed by atoms with E-state index in [2.05, 4.69) is 0 Å². The third-order valence-electron chi connectivity index (χ3n) is 4.14. The Hall–Kier alpha value is -0.460. The second-order valence-electron chi connectivity index (χ2n) is 5.89. The number of thioether (sulfide) groups is 1. The Bertz CT molecular complexity index is 502. The van der Waals surface area contributed by atoms with Crippen molar-refractivity contribution in [3.05, 3.63) is 29.3 Å². The van der Waals surface area contributed by atoms with Crippen molar-refractivity contribution in [2.75, 3.05) is 32.6 Å². The van der Waals surface area contributed by atoms with Gasteiger partial charge in [0.2, 0.25) is 5.91 Å². The number of ether oxygens (including phenoxy) is 1. The summed E-state index contributed by atoms with van der Waals surface area (Å²) in [6.45, 7) is 1.93. The Morgan fingerprint density at radius 2 is 2.04 bits per heavy atom. The first-order valence-electron chi connectivity index (χ1n) is 8.02. The van der Waals surface area contributed by atoms with Crippen LogP contribution in [0.1, 0.15) is 19.3 Å². The Balaban J connectivity index is 0.00000288. The molecule has 24 heavy (non-hydrogen) atoms. The van der Waals surface area contributed by atoms with E-state index in [4.69, 9.17) is 22.1 Å². The Morgan fingerprint density at radius 3 is 2.62 bits per heavy atom. The number of nitrogens with two attached hydrogens (primary N) is 1. The normalized spacial score (nSPS) is 19.8. The van der Waals surface area contributed by atoms with Crippen molar-refractivity contribution in [1.29, 1.82) is 0 Å². The Kier molecular flexibility index (Phi) is 10.1. The number of hydrogen-bond donors (Lipinski definition) is 1. The van der Waals surface area contributed by atoms with Gasteiger partial charge in [0, 0.05) is 47.8 Å². The third-order valence-corrected chi connectivity index (χ3v) is 5.39. The standard InChI is InChI=1S/C17H25ClN2O2S.ClH/c1-22-10-8-20(17(21)13-2-5-15(19)12-13)9-11-23-16-6-3-14(18)4-7-16;/h3-4,6-7,13,15H,2,5,8-12,19H2,1H3;1H/t13-,15+;/m0./s1. The van der Waals surface area contributed by atoms with Gasteiger partial charge >= 0.3 is 0 Å². The monoisotopic (exact) mass is 392 g/mol. The highest BCUT2D eigenvalue weighted by Gasteiger charge is 2.30. The van der Waals surface area contributed by atoms with Gasteiger partial charge in [-0.25, -0.2) is 0 Å². The first-order chi connectivity index (χ1) is 11.1. The number of rotatable bonds is 8. The summed E-state index contributed by atoms with van der Waals surface area (Å²) in [6.07, 6.45) is 2.68. The molecule has 0 radical (unpaired) electrons. The van der Waals surface area contributed by atoms with Gasteiger partial charge in [0.15, 0.2) is 0 Å². The lowest BCUT2D eigenvalue weighted by molar-refractivity contribution is -0.135. The number of amides is 1. The minimum atomic E-state index is 0. The molecule has 0 aliphatic heterocycles. The van der Waals surface area contributed by atoms with Crippen LogP contribution in [0.15, 0.2) is 29.2 Å². The molecule has 1 saturated carbocycles. The van der Waals surface area contributed by atoms with E-state index in [1.807, 2.05) is 29.2 Å². The van der Waals surface area contributed by atoms with Crippen LogP contribution >= 0.6 is 35.8 Å². The number of carbonyl (C=O) groups excluding carboxylic acids is 1. The van der Waals surface area contributed by atoms with E-state index in [9.17, 15) is 4.79 Å². The maximum atomic E-state index is 12.7. The summed E-state index contributed by atoms with van der Waals surface area (Å²) in [5.74, 6) is 1.17. The van der Waals surface area contributed by atoms with E-state index in [1.165, 1.54) is 0 Å². The molecule has 0 bridgehead atoms. The molecule has 1 fully saturated rings. The third kappa shape index (κ3) is 6.81. The van der Waals surface area contributed by atoms with E-state index in [0.29, 0.717) is 13.2 Å². The summed E-state index contributed by atoms with van der Waals surface area (Å²) >= 11 is 7.63. The molecular weight excluding hydrogens is 367 g/mol. The Morgan fingerprint density at radius 1 is 1.33 bits per heavy atom. The van der Waals surface area contributed by atoms with Crippen LogP contribution in [0, 0.1) is 5.92 Å². The molecule has 2 N–H and O–H groups in total. The van der Waals surface area contributed by atoms with Crippen LogP contribution in [0.5, 0.6) is 0 Å². The molecule has 136 valence electrons. The maximum Gasteiger partial charge on any atom is 0.225 e. The van der Waals surface area contributed by atoms with Gasteiger partial charge in [0.05, 0.1) is 6.61 Å². The molecule has 7 heteroatoms. The molecule has 0 heterocycles. The van der Waals surface area contributed by atoms with Gasteiger partial charge in [0.1, 0.15) is 0 Å². The van der Waals surface area contributed by atoms with E-state index >= 15 is 0 Å². The zero-order valence-corrected chi connectivity index (χ0v) is 16.3. The lowest BCUT2D eigenvalue weighted by Crippen LogP contribution is -2.39. The Labute approximate surface area is 159 Å². The largest absolute Gasteiger partial charge is 0.383 e. The minimum absolute atomic E-state index is 0. The molecule has 1 aliphatic rings. The highest BCUT2D eigenvalue weighted by Crippen LogP contribution is 2.26. The van der Waals surface area contributed by atoms with Crippen LogP contribution in [0.2, 0.25) is 5.02 Å². The van der Waals surface area contributed by atoms with Crippen LogP contribution in [0.3, 0.4) is 0 Å². The molecule has 0 saturated heterocycles. The fourth-order valence-corrected chi connectivity index (χ4v) is 3.84. The van der Waals surface area contributed by atoms with Gasteiger partial charge in [-0.3, -0.25) is 4.79 Å². The van der Waals surface area contributed by atoms with E-state index in [1.54, 1.807) is 18.9 Å². The quantitative estimate of drug-likeness (QED) is 0.688. The molecule has 1 aromatic carbocycles. The molecule has 0 unspecified atom stereocenters. The summed E-state index contributed by atoms with van der Waals surface area (Å²) in [5, 5.41) is 0.740. The molecule has 1 aliphatic carbocycles. The predicted molar refractivity (Wildman–Crippen MR) is 103 cm³/mol.